The van der Waals surface area contributed by atoms with Crippen molar-refractivity contribution in [3.05, 3.63) is 52.0 Å². The maximum atomic E-state index is 13.3. The number of fused-ring (bicyclic) bond motifs is 1. The largest absolute Gasteiger partial charge is 1.00 e. The van der Waals surface area contributed by atoms with Gasteiger partial charge >= 0.3 is 6.09 Å². The first kappa shape index (κ1) is 38.7. The van der Waals surface area contributed by atoms with E-state index in [1.54, 1.807) is 35.6 Å². The number of halogens is 1. The molecule has 2 atom stereocenters. The van der Waals surface area contributed by atoms with E-state index in [-0.39, 0.29) is 12.4 Å². The molecular formula is C35H54ClN3O5S. The van der Waals surface area contributed by atoms with Crippen LogP contribution in [0.3, 0.4) is 0 Å². The number of ether oxygens (including phenoxy) is 2. The maximum Gasteiger partial charge on any atom is 0.406 e. The Morgan fingerprint density at radius 1 is 0.822 bits per heavy atom. The van der Waals surface area contributed by atoms with Crippen molar-refractivity contribution in [1.29, 1.82) is 0 Å². The molecule has 0 spiro atoms. The lowest BCUT2D eigenvalue weighted by molar-refractivity contribution is -0.382. The highest BCUT2D eigenvalue weighted by molar-refractivity contribution is 7.09. The van der Waals surface area contributed by atoms with Crippen molar-refractivity contribution in [2.24, 2.45) is 5.73 Å². The molecule has 0 radical (unpaired) electrons. The first-order valence-corrected chi connectivity index (χ1v) is 17.9. The van der Waals surface area contributed by atoms with Gasteiger partial charge in [0, 0.05) is 6.42 Å². The first-order valence-electron chi connectivity index (χ1n) is 17.0. The fourth-order valence-corrected chi connectivity index (χ4v) is 6.66. The highest BCUT2D eigenvalue weighted by atomic mass is 35.5. The van der Waals surface area contributed by atoms with Gasteiger partial charge in [0.2, 0.25) is 11.3 Å². The zero-order valence-corrected chi connectivity index (χ0v) is 28.7. The topological polar surface area (TPSA) is 113 Å². The number of aromatic amines is 1. The van der Waals surface area contributed by atoms with Crippen molar-refractivity contribution in [3.63, 3.8) is 0 Å². The van der Waals surface area contributed by atoms with Gasteiger partial charge < -0.3 is 27.6 Å². The third-order valence-corrected chi connectivity index (χ3v) is 9.29. The second-order valence-corrected chi connectivity index (χ2v) is 13.0. The smallest absolute Gasteiger partial charge is 0.406 e. The first-order chi connectivity index (χ1) is 21.5. The molecule has 2 aromatic rings. The summed E-state index contributed by atoms with van der Waals surface area (Å²) in [5, 5.41) is 3.06. The van der Waals surface area contributed by atoms with E-state index < -0.39 is 30.2 Å². The van der Waals surface area contributed by atoms with Crippen LogP contribution in [0, 0.1) is 0 Å². The minimum Gasteiger partial charge on any atom is -1.00 e. The SMILES string of the molecule is CCCCCCCCCCCCCCCCCCOC(OC(N)=O)C(CCCc1[nH+]ccs1)N1C(=O)c2ccccc2C1=O.[Cl-]. The van der Waals surface area contributed by atoms with Gasteiger partial charge in [-0.3, -0.25) is 14.5 Å². The summed E-state index contributed by atoms with van der Waals surface area (Å²) in [6, 6.07) is 5.99. The van der Waals surface area contributed by atoms with Crippen LogP contribution in [-0.4, -0.2) is 41.7 Å². The summed E-state index contributed by atoms with van der Waals surface area (Å²) in [5.41, 5.74) is 6.13. The minimum absolute atomic E-state index is 0. The summed E-state index contributed by atoms with van der Waals surface area (Å²) in [5.74, 6) is -0.801. The van der Waals surface area contributed by atoms with Gasteiger partial charge in [0.15, 0.2) is 6.20 Å². The van der Waals surface area contributed by atoms with E-state index in [9.17, 15) is 14.4 Å². The highest BCUT2D eigenvalue weighted by Crippen LogP contribution is 2.29. The van der Waals surface area contributed by atoms with E-state index in [1.165, 1.54) is 88.4 Å². The fraction of sp³-hybridized carbons (Fsp3) is 0.657. The van der Waals surface area contributed by atoms with Crippen LogP contribution in [0.1, 0.15) is 148 Å². The lowest BCUT2D eigenvalue weighted by Gasteiger charge is -2.32. The lowest BCUT2D eigenvalue weighted by atomic mass is 10.0. The van der Waals surface area contributed by atoms with Crippen molar-refractivity contribution < 1.29 is 41.2 Å². The molecule has 252 valence electrons. The summed E-state index contributed by atoms with van der Waals surface area (Å²) < 4.78 is 11.5. The Hall–Kier alpha value is -2.49. The lowest BCUT2D eigenvalue weighted by Crippen LogP contribution is -3.00. The number of rotatable bonds is 25. The molecule has 1 aromatic heterocycles. The normalized spacial score (nSPS) is 13.8. The molecule has 45 heavy (non-hydrogen) atoms. The van der Waals surface area contributed by atoms with E-state index in [0.717, 1.165) is 30.7 Å². The summed E-state index contributed by atoms with van der Waals surface area (Å²) in [6.45, 7) is 2.62. The summed E-state index contributed by atoms with van der Waals surface area (Å²) in [4.78, 5) is 42.9. The predicted octanol–water partition coefficient (Wildman–Crippen LogP) is 5.25. The Kier molecular flexibility index (Phi) is 19.7. The van der Waals surface area contributed by atoms with Crippen LogP contribution < -0.4 is 23.1 Å². The molecule has 0 saturated heterocycles. The molecule has 3 rings (SSSR count). The van der Waals surface area contributed by atoms with Crippen LogP contribution in [0.15, 0.2) is 35.8 Å². The van der Waals surface area contributed by atoms with Crippen molar-refractivity contribution in [2.45, 2.75) is 141 Å². The number of aromatic nitrogens is 1. The van der Waals surface area contributed by atoms with Crippen LogP contribution in [0.2, 0.25) is 0 Å². The Morgan fingerprint density at radius 2 is 1.33 bits per heavy atom. The maximum absolute atomic E-state index is 13.3. The number of thiazole rings is 1. The summed E-state index contributed by atoms with van der Waals surface area (Å²) >= 11 is 1.61. The van der Waals surface area contributed by atoms with Crippen molar-refractivity contribution in [2.75, 3.05) is 6.61 Å². The molecule has 10 heteroatoms. The number of aryl methyl sites for hydroxylation is 1. The van der Waals surface area contributed by atoms with Gasteiger partial charge in [-0.15, -0.1) is 0 Å². The number of H-pyrrole nitrogens is 1. The number of nitrogens with two attached hydrogens (primary N) is 1. The third kappa shape index (κ3) is 13.8. The third-order valence-electron chi connectivity index (χ3n) is 8.41. The molecule has 3 N–H and O–H groups in total. The number of primary amides is 1. The van der Waals surface area contributed by atoms with Crippen molar-refractivity contribution >= 4 is 29.2 Å². The monoisotopic (exact) mass is 663 g/mol. The average Bonchev–Trinajstić information content (AvgIpc) is 3.62. The Bertz CT molecular complexity index is 1080. The Balaban J connectivity index is 0.00000705. The highest BCUT2D eigenvalue weighted by Gasteiger charge is 2.44. The number of imide groups is 1. The van der Waals surface area contributed by atoms with Crippen LogP contribution in [0.5, 0.6) is 0 Å². The van der Waals surface area contributed by atoms with E-state index in [2.05, 4.69) is 11.9 Å². The molecule has 0 saturated carbocycles. The minimum atomic E-state index is -1.13. The van der Waals surface area contributed by atoms with Crippen molar-refractivity contribution in [1.82, 2.24) is 4.90 Å². The van der Waals surface area contributed by atoms with Crippen LogP contribution in [0.25, 0.3) is 0 Å². The Morgan fingerprint density at radius 3 is 1.80 bits per heavy atom. The number of hydrogen-bond donors (Lipinski definition) is 1. The number of carbonyl (C=O) groups is 3. The zero-order chi connectivity index (χ0) is 31.4. The molecule has 1 aromatic carbocycles. The molecule has 1 aliphatic heterocycles. The van der Waals surface area contributed by atoms with E-state index in [1.807, 2.05) is 11.6 Å². The van der Waals surface area contributed by atoms with Gasteiger partial charge in [-0.2, -0.15) is 0 Å². The number of benzene rings is 1. The quantitative estimate of drug-likeness (QED) is 0.0886. The molecule has 8 nitrogen and oxygen atoms in total. The number of nitrogens with one attached hydrogen (secondary N) is 1. The van der Waals surface area contributed by atoms with Gasteiger partial charge in [-0.25, -0.2) is 9.78 Å². The molecule has 3 amide bonds. The molecule has 2 heterocycles. The van der Waals surface area contributed by atoms with Crippen LogP contribution in [-0.2, 0) is 15.9 Å². The van der Waals surface area contributed by atoms with Crippen LogP contribution in [0.4, 0.5) is 4.79 Å². The van der Waals surface area contributed by atoms with Gasteiger partial charge in [0.1, 0.15) is 6.04 Å². The number of unbranched alkanes of at least 4 members (excludes halogenated alkanes) is 15. The molecule has 2 unspecified atom stereocenters. The van der Waals surface area contributed by atoms with Crippen LogP contribution >= 0.6 is 11.3 Å². The number of hydrogen-bond acceptors (Lipinski definition) is 6. The standard InChI is InChI=1S/C35H53N3O5S.ClH/c1-2-3-4-5-6-7-8-9-10-11-12-13-14-15-16-19-26-42-34(43-35(36)41)30(23-20-24-31-37-25-27-44-31)38-32(39)28-21-17-18-22-29(28)33(38)40;/h17-18,21-22,25,27,30,34H,2-16,19-20,23-24,26H2,1H3,(H2,36,41);1H. The number of amides is 3. The van der Waals surface area contributed by atoms with E-state index in [0.29, 0.717) is 30.6 Å². The predicted molar refractivity (Wildman–Crippen MR) is 174 cm³/mol. The van der Waals surface area contributed by atoms with Gasteiger partial charge in [-0.1, -0.05) is 127 Å². The Labute approximate surface area is 280 Å². The second-order valence-electron chi connectivity index (χ2n) is 12.0. The number of carbonyl (C=O) groups excluding carboxylic acids is 3. The summed E-state index contributed by atoms with van der Waals surface area (Å²) in [6.07, 6.45) is 22.0. The number of nitrogens with zero attached hydrogens (tertiary/aromatic N) is 1. The van der Waals surface area contributed by atoms with Crippen molar-refractivity contribution in [3.8, 4) is 0 Å². The molecule has 0 fully saturated rings. The fourth-order valence-electron chi connectivity index (χ4n) is 5.96. The van der Waals surface area contributed by atoms with Gasteiger partial charge in [0.05, 0.1) is 23.1 Å². The second kappa shape index (κ2) is 22.9. The molecule has 0 aliphatic carbocycles. The molecular weight excluding hydrogens is 610 g/mol. The average molecular weight is 664 g/mol. The molecule has 1 aliphatic rings. The van der Waals surface area contributed by atoms with E-state index >= 15 is 0 Å². The molecule has 0 bridgehead atoms. The zero-order valence-electron chi connectivity index (χ0n) is 27.1. The van der Waals surface area contributed by atoms with Gasteiger partial charge in [-0.05, 0) is 31.4 Å². The van der Waals surface area contributed by atoms with E-state index in [4.69, 9.17) is 15.2 Å². The van der Waals surface area contributed by atoms with Gasteiger partial charge in [0.25, 0.3) is 11.8 Å². The summed E-state index contributed by atoms with van der Waals surface area (Å²) in [7, 11) is 0.